The first kappa shape index (κ1) is 27.1. The Kier molecular flexibility index (Phi) is 7.18. The van der Waals surface area contributed by atoms with Gasteiger partial charge in [0.15, 0.2) is 0 Å². The van der Waals surface area contributed by atoms with Gasteiger partial charge in [0.05, 0.1) is 0 Å². The Bertz CT molecular complexity index is 1280. The summed E-state index contributed by atoms with van der Waals surface area (Å²) in [5, 5.41) is 2.71. The zero-order chi connectivity index (χ0) is 27.8. The van der Waals surface area contributed by atoms with E-state index in [9.17, 15) is 36.7 Å². The van der Waals surface area contributed by atoms with Gasteiger partial charge in [-0.15, -0.1) is 0 Å². The van der Waals surface area contributed by atoms with Gasteiger partial charge in [-0.3, -0.25) is 14.4 Å². The van der Waals surface area contributed by atoms with Gasteiger partial charge in [-0.25, -0.2) is 14.1 Å². The van der Waals surface area contributed by atoms with Crippen molar-refractivity contribution in [2.45, 2.75) is 57.5 Å². The van der Waals surface area contributed by atoms with Crippen LogP contribution >= 0.6 is 0 Å². The van der Waals surface area contributed by atoms with E-state index in [2.05, 4.69) is 5.32 Å². The summed E-state index contributed by atoms with van der Waals surface area (Å²) < 4.78 is 59.5. The standard InChI is InChI=1S/C26H25F4N3O5/c1-3-21(34)31-19-8-9-20-17(12-19)10-11-25(20)23(36)33(24(37)38-25)14-22(35)32(15(2)26(28,29)30)13-16-4-6-18(27)7-5-16/h4-9,12,15H,3,10-11,13-14H2,1-2H3,(H,31,34)/t15-,25+/m0/s1. The summed E-state index contributed by atoms with van der Waals surface area (Å²) in [4.78, 5) is 51.9. The number of benzene rings is 2. The minimum atomic E-state index is -4.79. The number of nitrogens with zero attached hydrogens (tertiary/aromatic N) is 2. The van der Waals surface area contributed by atoms with Crippen molar-refractivity contribution in [1.82, 2.24) is 9.80 Å². The molecule has 1 spiro atoms. The van der Waals surface area contributed by atoms with Gasteiger partial charge in [-0.1, -0.05) is 25.1 Å². The van der Waals surface area contributed by atoms with Crippen LogP contribution < -0.4 is 5.32 Å². The van der Waals surface area contributed by atoms with E-state index in [0.717, 1.165) is 19.1 Å². The van der Waals surface area contributed by atoms with Crippen LogP contribution in [0.2, 0.25) is 0 Å². The van der Waals surface area contributed by atoms with Crippen LogP contribution in [0.5, 0.6) is 0 Å². The molecule has 1 N–H and O–H groups in total. The second-order valence-corrected chi connectivity index (χ2v) is 9.23. The highest BCUT2D eigenvalue weighted by molar-refractivity contribution is 6.06. The maximum atomic E-state index is 13.6. The first-order chi connectivity index (χ1) is 17.9. The van der Waals surface area contributed by atoms with E-state index in [1.165, 1.54) is 12.1 Å². The molecule has 2 aromatic rings. The second-order valence-electron chi connectivity index (χ2n) is 9.23. The van der Waals surface area contributed by atoms with Crippen LogP contribution in [0.4, 0.5) is 28.0 Å². The number of amides is 4. The zero-order valence-electron chi connectivity index (χ0n) is 20.6. The molecule has 1 heterocycles. The summed E-state index contributed by atoms with van der Waals surface area (Å²) >= 11 is 0. The zero-order valence-corrected chi connectivity index (χ0v) is 20.6. The number of halogens is 4. The monoisotopic (exact) mass is 535 g/mol. The van der Waals surface area contributed by atoms with Crippen molar-refractivity contribution >= 4 is 29.5 Å². The summed E-state index contributed by atoms with van der Waals surface area (Å²) in [6, 6.07) is 7.13. The molecule has 202 valence electrons. The van der Waals surface area contributed by atoms with Crippen LogP contribution in [-0.2, 0) is 37.7 Å². The maximum absolute atomic E-state index is 13.6. The number of alkyl halides is 3. The van der Waals surface area contributed by atoms with Gasteiger partial charge in [0.2, 0.25) is 17.4 Å². The molecule has 0 aromatic heterocycles. The Morgan fingerprint density at radius 3 is 2.47 bits per heavy atom. The average Bonchev–Trinajstić information content (AvgIpc) is 3.34. The third-order valence-corrected chi connectivity index (χ3v) is 6.79. The Balaban J connectivity index is 1.56. The van der Waals surface area contributed by atoms with Crippen LogP contribution in [-0.4, -0.2) is 52.4 Å². The van der Waals surface area contributed by atoms with Crippen molar-refractivity contribution in [3.63, 3.8) is 0 Å². The van der Waals surface area contributed by atoms with Gasteiger partial charge >= 0.3 is 12.3 Å². The Hall–Kier alpha value is -3.96. The van der Waals surface area contributed by atoms with E-state index in [4.69, 9.17) is 4.74 Å². The highest BCUT2D eigenvalue weighted by Crippen LogP contribution is 2.46. The quantitative estimate of drug-likeness (QED) is 0.535. The second kappa shape index (κ2) is 10.1. The first-order valence-corrected chi connectivity index (χ1v) is 11.9. The lowest BCUT2D eigenvalue weighted by Crippen LogP contribution is -2.51. The summed E-state index contributed by atoms with van der Waals surface area (Å²) in [6.07, 6.45) is -5.23. The fourth-order valence-electron chi connectivity index (χ4n) is 4.61. The van der Waals surface area contributed by atoms with E-state index in [-0.39, 0.29) is 24.3 Å². The molecule has 0 saturated carbocycles. The molecular weight excluding hydrogens is 510 g/mol. The van der Waals surface area contributed by atoms with Crippen LogP contribution in [0.1, 0.15) is 43.4 Å². The number of imide groups is 1. The maximum Gasteiger partial charge on any atom is 0.418 e. The minimum Gasteiger partial charge on any atom is -0.427 e. The summed E-state index contributed by atoms with van der Waals surface area (Å²) in [5.41, 5.74) is 0.105. The van der Waals surface area contributed by atoms with E-state index in [1.54, 1.807) is 25.1 Å². The smallest absolute Gasteiger partial charge is 0.418 e. The summed E-state index contributed by atoms with van der Waals surface area (Å²) in [7, 11) is 0. The highest BCUT2D eigenvalue weighted by atomic mass is 19.4. The van der Waals surface area contributed by atoms with Crippen molar-refractivity contribution in [3.05, 3.63) is 65.0 Å². The third-order valence-electron chi connectivity index (χ3n) is 6.79. The lowest BCUT2D eigenvalue weighted by Gasteiger charge is -2.31. The molecule has 0 radical (unpaired) electrons. The predicted molar refractivity (Wildman–Crippen MR) is 126 cm³/mol. The van der Waals surface area contributed by atoms with Crippen LogP contribution in [0.3, 0.4) is 0 Å². The number of hydrogen-bond donors (Lipinski definition) is 1. The SMILES string of the molecule is CCC(=O)Nc1ccc2c(c1)CC[C@@]21OC(=O)N(CC(=O)N(Cc2ccc(F)cc2)[C@@H](C)C(F)(F)F)C1=O. The number of rotatable bonds is 7. The molecular formula is C26H25F4N3O5. The molecule has 0 unspecified atom stereocenters. The molecule has 1 aliphatic heterocycles. The Morgan fingerprint density at radius 1 is 1.16 bits per heavy atom. The number of fused-ring (bicyclic) bond motifs is 2. The topological polar surface area (TPSA) is 96.0 Å². The van der Waals surface area contributed by atoms with Crippen molar-refractivity contribution in [1.29, 1.82) is 0 Å². The van der Waals surface area contributed by atoms with E-state index < -0.39 is 54.6 Å². The van der Waals surface area contributed by atoms with Crippen molar-refractivity contribution in [2.75, 3.05) is 11.9 Å². The first-order valence-electron chi connectivity index (χ1n) is 11.9. The minimum absolute atomic E-state index is 0.0843. The van der Waals surface area contributed by atoms with Crippen LogP contribution in [0.25, 0.3) is 0 Å². The molecule has 2 aromatic carbocycles. The molecule has 1 saturated heterocycles. The van der Waals surface area contributed by atoms with Crippen molar-refractivity contribution in [3.8, 4) is 0 Å². The summed E-state index contributed by atoms with van der Waals surface area (Å²) in [5.74, 6) is -2.77. The fourth-order valence-corrected chi connectivity index (χ4v) is 4.61. The van der Waals surface area contributed by atoms with Gasteiger partial charge in [0.1, 0.15) is 18.4 Å². The highest BCUT2D eigenvalue weighted by Gasteiger charge is 2.58. The van der Waals surface area contributed by atoms with E-state index >= 15 is 0 Å². The largest absolute Gasteiger partial charge is 0.427 e. The van der Waals surface area contributed by atoms with Gasteiger partial charge in [0, 0.05) is 30.6 Å². The van der Waals surface area contributed by atoms with Gasteiger partial charge < -0.3 is 15.0 Å². The number of hydrogen-bond acceptors (Lipinski definition) is 5. The van der Waals surface area contributed by atoms with E-state index in [0.29, 0.717) is 33.0 Å². The molecule has 12 heteroatoms. The molecule has 2 atom stereocenters. The van der Waals surface area contributed by atoms with Crippen molar-refractivity contribution in [2.24, 2.45) is 0 Å². The molecule has 0 bridgehead atoms. The number of carbonyl (C=O) groups is 4. The number of carbonyl (C=O) groups excluding carboxylic acids is 4. The normalized spacial score (nSPS) is 19.4. The number of ether oxygens (including phenoxy) is 1. The molecule has 8 nitrogen and oxygen atoms in total. The van der Waals surface area contributed by atoms with Gasteiger partial charge in [-0.05, 0) is 48.7 Å². The lowest BCUT2D eigenvalue weighted by atomic mass is 9.94. The molecule has 1 fully saturated rings. The molecule has 38 heavy (non-hydrogen) atoms. The van der Waals surface area contributed by atoms with Gasteiger partial charge in [-0.2, -0.15) is 13.2 Å². The van der Waals surface area contributed by atoms with E-state index in [1.807, 2.05) is 0 Å². The fraction of sp³-hybridized carbons (Fsp3) is 0.385. The third kappa shape index (κ3) is 5.07. The Morgan fingerprint density at radius 2 is 1.84 bits per heavy atom. The van der Waals surface area contributed by atoms with Crippen LogP contribution in [0.15, 0.2) is 42.5 Å². The number of aryl methyl sites for hydroxylation is 1. The molecule has 4 amide bonds. The van der Waals surface area contributed by atoms with Crippen molar-refractivity contribution < 1.29 is 41.5 Å². The predicted octanol–water partition coefficient (Wildman–Crippen LogP) is 4.27. The number of nitrogens with one attached hydrogen (secondary N) is 1. The molecule has 2 aliphatic rings. The summed E-state index contributed by atoms with van der Waals surface area (Å²) in [6.45, 7) is 1.01. The Labute approximate surface area is 215 Å². The van der Waals surface area contributed by atoms with Crippen LogP contribution in [0, 0.1) is 5.82 Å². The average molecular weight is 535 g/mol. The lowest BCUT2D eigenvalue weighted by molar-refractivity contribution is -0.187. The molecule has 4 rings (SSSR count). The van der Waals surface area contributed by atoms with Gasteiger partial charge in [0.25, 0.3) is 5.91 Å². The number of anilines is 1. The molecule has 1 aliphatic carbocycles.